The summed E-state index contributed by atoms with van der Waals surface area (Å²) in [6.45, 7) is -0.292. The third kappa shape index (κ3) is 5.21. The largest absolute Gasteiger partial charge is 0.484 e. The van der Waals surface area contributed by atoms with Crippen molar-refractivity contribution in [1.82, 2.24) is 4.90 Å². The van der Waals surface area contributed by atoms with E-state index in [0.717, 1.165) is 4.90 Å². The summed E-state index contributed by atoms with van der Waals surface area (Å²) in [5.74, 6) is -1.31. The molecule has 1 atom stereocenters. The van der Waals surface area contributed by atoms with Crippen LogP contribution in [0, 0.1) is 5.82 Å². The number of amides is 3. The predicted octanol–water partition coefficient (Wildman–Crippen LogP) is 4.22. The predicted molar refractivity (Wildman–Crippen MR) is 121 cm³/mol. The van der Waals surface area contributed by atoms with Crippen LogP contribution in [0.4, 0.5) is 10.1 Å². The van der Waals surface area contributed by atoms with E-state index >= 15 is 0 Å². The monoisotopic (exact) mass is 466 g/mol. The number of carbonyl (C=O) groups excluding carboxylic acids is 3. The van der Waals surface area contributed by atoms with Crippen molar-refractivity contribution in [1.29, 1.82) is 0 Å². The molecule has 3 aromatic rings. The van der Waals surface area contributed by atoms with Crippen LogP contribution in [0.3, 0.4) is 0 Å². The van der Waals surface area contributed by atoms with E-state index in [1.165, 1.54) is 29.2 Å². The van der Waals surface area contributed by atoms with Crippen molar-refractivity contribution >= 4 is 35.0 Å². The first-order valence-electron chi connectivity index (χ1n) is 10.3. The molecule has 0 aliphatic carbocycles. The number of anilines is 1. The maximum absolute atomic E-state index is 13.4. The normalized spacial score (nSPS) is 15.6. The van der Waals surface area contributed by atoms with Crippen LogP contribution < -0.4 is 9.64 Å². The second kappa shape index (κ2) is 9.83. The first kappa shape index (κ1) is 22.5. The Balaban J connectivity index is 1.58. The molecule has 8 heteroatoms. The van der Waals surface area contributed by atoms with Gasteiger partial charge in [0.15, 0.2) is 6.61 Å². The molecule has 33 heavy (non-hydrogen) atoms. The Morgan fingerprint density at radius 2 is 1.67 bits per heavy atom. The van der Waals surface area contributed by atoms with E-state index in [1.54, 1.807) is 48.5 Å². The van der Waals surface area contributed by atoms with Gasteiger partial charge >= 0.3 is 0 Å². The number of rotatable bonds is 7. The van der Waals surface area contributed by atoms with E-state index < -0.39 is 29.6 Å². The van der Waals surface area contributed by atoms with Crippen LogP contribution in [-0.4, -0.2) is 35.3 Å². The van der Waals surface area contributed by atoms with Gasteiger partial charge in [-0.25, -0.2) is 9.29 Å². The average Bonchev–Trinajstić information content (AvgIpc) is 3.12. The molecule has 3 aromatic carbocycles. The first-order chi connectivity index (χ1) is 15.9. The van der Waals surface area contributed by atoms with E-state index in [2.05, 4.69) is 0 Å². The number of para-hydroxylation sites is 1. The zero-order valence-corrected chi connectivity index (χ0v) is 18.2. The molecule has 3 amide bonds. The van der Waals surface area contributed by atoms with Crippen LogP contribution >= 0.6 is 11.6 Å². The lowest BCUT2D eigenvalue weighted by Gasteiger charge is -2.28. The number of nitrogens with zero attached hydrogens (tertiary/aromatic N) is 2. The van der Waals surface area contributed by atoms with E-state index in [1.807, 2.05) is 6.07 Å². The van der Waals surface area contributed by atoms with Gasteiger partial charge in [0.25, 0.3) is 11.8 Å². The molecular formula is C25H20ClFN2O4. The van der Waals surface area contributed by atoms with Gasteiger partial charge in [-0.05, 0) is 54.1 Å². The Labute approximate surface area is 195 Å². The lowest BCUT2D eigenvalue weighted by atomic mass is 10.1. The Hall–Kier alpha value is -3.71. The molecule has 6 nitrogen and oxygen atoms in total. The molecule has 1 heterocycles. The summed E-state index contributed by atoms with van der Waals surface area (Å²) in [6, 6.07) is 19.7. The molecule has 0 N–H and O–H groups in total. The quantitative estimate of drug-likeness (QED) is 0.489. The number of hydrogen-bond acceptors (Lipinski definition) is 4. The number of halogens is 2. The van der Waals surface area contributed by atoms with Gasteiger partial charge in [-0.3, -0.25) is 14.4 Å². The zero-order chi connectivity index (χ0) is 23.4. The van der Waals surface area contributed by atoms with Crippen LogP contribution in [-0.2, 0) is 20.9 Å². The third-order valence-corrected chi connectivity index (χ3v) is 5.53. The van der Waals surface area contributed by atoms with Crippen molar-refractivity contribution in [3.8, 4) is 5.75 Å². The second-order valence-corrected chi connectivity index (χ2v) is 7.95. The molecule has 1 aliphatic rings. The van der Waals surface area contributed by atoms with E-state index in [0.29, 0.717) is 22.0 Å². The number of ether oxygens (including phenoxy) is 1. The second-order valence-electron chi connectivity index (χ2n) is 7.51. The summed E-state index contributed by atoms with van der Waals surface area (Å²) in [5, 5.41) is 0.473. The van der Waals surface area contributed by atoms with Gasteiger partial charge in [0.05, 0.1) is 12.1 Å². The zero-order valence-electron chi connectivity index (χ0n) is 17.5. The van der Waals surface area contributed by atoms with Gasteiger partial charge in [0.1, 0.15) is 17.6 Å². The summed E-state index contributed by atoms with van der Waals surface area (Å²) in [6.07, 6.45) is -0.167. The lowest BCUT2D eigenvalue weighted by Crippen LogP contribution is -2.46. The van der Waals surface area contributed by atoms with Crippen molar-refractivity contribution in [2.75, 3.05) is 11.5 Å². The van der Waals surface area contributed by atoms with Crippen LogP contribution in [0.2, 0.25) is 5.02 Å². The molecule has 1 aliphatic heterocycles. The maximum Gasteiger partial charge on any atom is 0.261 e. The fourth-order valence-corrected chi connectivity index (χ4v) is 3.75. The highest BCUT2D eigenvalue weighted by atomic mass is 35.5. The Morgan fingerprint density at radius 1 is 1.00 bits per heavy atom. The molecule has 0 radical (unpaired) electrons. The van der Waals surface area contributed by atoms with Crippen molar-refractivity contribution < 1.29 is 23.5 Å². The van der Waals surface area contributed by atoms with Crippen LogP contribution in [0.15, 0.2) is 78.9 Å². The minimum absolute atomic E-state index is 0.0232. The maximum atomic E-state index is 13.4. The fourth-order valence-electron chi connectivity index (χ4n) is 3.62. The number of benzene rings is 3. The third-order valence-electron chi connectivity index (χ3n) is 5.28. The van der Waals surface area contributed by atoms with E-state index in [-0.39, 0.29) is 19.6 Å². The molecule has 0 bridgehead atoms. The van der Waals surface area contributed by atoms with Crippen LogP contribution in [0.5, 0.6) is 5.75 Å². The Bertz CT molecular complexity index is 1150. The van der Waals surface area contributed by atoms with E-state index in [9.17, 15) is 18.8 Å². The van der Waals surface area contributed by atoms with Crippen molar-refractivity contribution in [3.63, 3.8) is 0 Å². The summed E-state index contributed by atoms with van der Waals surface area (Å²) in [7, 11) is 0. The molecule has 0 saturated carbocycles. The topological polar surface area (TPSA) is 66.9 Å². The highest BCUT2D eigenvalue weighted by Gasteiger charge is 2.44. The average molecular weight is 467 g/mol. The smallest absolute Gasteiger partial charge is 0.261 e. The van der Waals surface area contributed by atoms with Crippen LogP contribution in [0.25, 0.3) is 0 Å². The van der Waals surface area contributed by atoms with Gasteiger partial charge in [-0.2, -0.15) is 0 Å². The van der Waals surface area contributed by atoms with Gasteiger partial charge in [-0.15, -0.1) is 0 Å². The fraction of sp³-hybridized carbons (Fsp3) is 0.160. The molecule has 0 spiro atoms. The van der Waals surface area contributed by atoms with Crippen molar-refractivity contribution in [3.05, 3.63) is 95.3 Å². The molecule has 0 aromatic heterocycles. The summed E-state index contributed by atoms with van der Waals surface area (Å²) in [4.78, 5) is 41.5. The minimum atomic E-state index is -1.01. The van der Waals surface area contributed by atoms with Crippen LogP contribution in [0.1, 0.15) is 12.0 Å². The number of imide groups is 1. The molecular weight excluding hydrogens is 447 g/mol. The highest BCUT2D eigenvalue weighted by molar-refractivity contribution is 6.30. The first-order valence-corrected chi connectivity index (χ1v) is 10.6. The van der Waals surface area contributed by atoms with Gasteiger partial charge < -0.3 is 9.64 Å². The molecule has 4 rings (SSSR count). The molecule has 1 fully saturated rings. The summed E-state index contributed by atoms with van der Waals surface area (Å²) in [5.41, 5.74) is 1.00. The molecule has 168 valence electrons. The molecule has 1 saturated heterocycles. The van der Waals surface area contributed by atoms with Crippen molar-refractivity contribution in [2.24, 2.45) is 0 Å². The van der Waals surface area contributed by atoms with Crippen molar-refractivity contribution in [2.45, 2.75) is 19.0 Å². The lowest BCUT2D eigenvalue weighted by molar-refractivity contribution is -0.140. The van der Waals surface area contributed by atoms with Gasteiger partial charge in [0, 0.05) is 11.6 Å². The minimum Gasteiger partial charge on any atom is -0.484 e. The Morgan fingerprint density at radius 3 is 2.33 bits per heavy atom. The standard InChI is InChI=1S/C25H20ClFN2O4/c26-18-8-12-20(13-9-18)29-23(30)14-22(25(29)32)28(15-17-6-10-19(27)11-7-17)24(31)16-33-21-4-2-1-3-5-21/h1-13,22H,14-16H2. The number of hydrogen-bond donors (Lipinski definition) is 0. The van der Waals surface area contributed by atoms with Gasteiger partial charge in [-0.1, -0.05) is 41.9 Å². The SMILES string of the molecule is O=C1CC(N(Cc2ccc(F)cc2)C(=O)COc2ccccc2)C(=O)N1c1ccc(Cl)cc1. The highest BCUT2D eigenvalue weighted by Crippen LogP contribution is 2.28. The number of carbonyl (C=O) groups is 3. The summed E-state index contributed by atoms with van der Waals surface area (Å²) < 4.78 is 18.9. The summed E-state index contributed by atoms with van der Waals surface area (Å²) >= 11 is 5.92. The molecule has 1 unspecified atom stereocenters. The van der Waals surface area contributed by atoms with E-state index in [4.69, 9.17) is 16.3 Å². The van der Waals surface area contributed by atoms with Gasteiger partial charge in [0.2, 0.25) is 5.91 Å². The Kier molecular flexibility index (Phi) is 6.70.